The molecule has 16 nitrogen and oxygen atoms in total. The summed E-state index contributed by atoms with van der Waals surface area (Å²) in [4.78, 5) is 75.2. The summed E-state index contributed by atoms with van der Waals surface area (Å²) in [6.07, 6.45) is 54.7. The largest absolute Gasteiger partial charge is 0.376 e. The Labute approximate surface area is 780 Å². The third-order valence-electron chi connectivity index (χ3n) is 41.2. The molecule has 20 rings (SSSR count). The zero-order chi connectivity index (χ0) is 92.2. The first-order valence-electron chi connectivity index (χ1n) is 53.4. The molecule has 16 heteroatoms. The van der Waals surface area contributed by atoms with Crippen molar-refractivity contribution in [2.24, 2.45) is 132 Å². The molecule has 31 atom stereocenters. The minimum absolute atomic E-state index is 0.0169. The summed E-state index contributed by atoms with van der Waals surface area (Å²) >= 11 is 0. The van der Waals surface area contributed by atoms with Crippen LogP contribution in [0, 0.1) is 132 Å². The van der Waals surface area contributed by atoms with E-state index in [1.807, 2.05) is 18.2 Å². The summed E-state index contributed by atoms with van der Waals surface area (Å²) in [6, 6.07) is 0.557. The minimum atomic E-state index is -0.229. The van der Waals surface area contributed by atoms with Crippen molar-refractivity contribution >= 4 is 35.3 Å². The lowest BCUT2D eigenvalue weighted by Gasteiger charge is -2.60. The zero-order valence-corrected chi connectivity index (χ0v) is 84.1. The van der Waals surface area contributed by atoms with Gasteiger partial charge in [-0.3, -0.25) is 28.8 Å². The van der Waals surface area contributed by atoms with Gasteiger partial charge in [0.05, 0.1) is 61.0 Å². The first kappa shape index (κ1) is 97.3. The number of Topliss-reactive ketones (excluding diaryl/α,β-unsaturated/α-hetero) is 1. The molecule has 0 spiro atoms. The lowest BCUT2D eigenvalue weighted by atomic mass is 9.45. The van der Waals surface area contributed by atoms with Crippen LogP contribution in [0.2, 0.25) is 0 Å². The normalized spacial score (nSPS) is 45.8. The fraction of sp³-hybridized carbons (Fsp3) is 0.841. The maximum Gasteiger partial charge on any atom is 0.244 e. The first-order chi connectivity index (χ1) is 61.0. The molecule has 720 valence electrons. The molecule has 1 saturated heterocycles. The number of allylic oxidation sites excluding steroid dienone is 3. The summed E-state index contributed by atoms with van der Waals surface area (Å²) in [5.74, 6) is 11.0. The molecule has 5 N–H and O–H groups in total. The highest BCUT2D eigenvalue weighted by Crippen LogP contribution is 2.69. The number of rotatable bonds is 10. The molecule has 20 aliphatic rings. The quantitative estimate of drug-likeness (QED) is 0.130. The average molecular weight is 1780 g/mol. The van der Waals surface area contributed by atoms with E-state index in [4.69, 9.17) is 23.7 Å². The molecule has 0 aromatic carbocycles. The van der Waals surface area contributed by atoms with E-state index in [0.717, 1.165) is 169 Å². The fourth-order valence-corrected chi connectivity index (χ4v) is 34.7. The van der Waals surface area contributed by atoms with Crippen LogP contribution in [-0.4, -0.2) is 128 Å². The third-order valence-corrected chi connectivity index (χ3v) is 41.2. The second kappa shape index (κ2) is 38.0. The van der Waals surface area contributed by atoms with Crippen molar-refractivity contribution in [3.8, 4) is 0 Å². The fourth-order valence-electron chi connectivity index (χ4n) is 34.7. The topological polar surface area (TPSA) is 209 Å². The minimum Gasteiger partial charge on any atom is -0.376 e. The van der Waals surface area contributed by atoms with Gasteiger partial charge in [-0.15, -0.1) is 0 Å². The van der Waals surface area contributed by atoms with Gasteiger partial charge in [-0.1, -0.05) is 109 Å². The van der Waals surface area contributed by atoms with Gasteiger partial charge in [-0.2, -0.15) is 0 Å². The number of ketones is 1. The Morgan fingerprint density at radius 1 is 0.333 bits per heavy atom. The number of amides is 5. The van der Waals surface area contributed by atoms with E-state index in [1.165, 1.54) is 143 Å². The standard InChI is InChI=1S/C24H37NO2.C23H38O.C22H34N2O3.C22H33NO3.C22H35NO2/c1-15(2)27-18-8-11-24(5)17(12-18)13-21(26)25-22-19-7-6-16(3)14-23(19,4)10-9-20(22)24;1-15(2)24-19-11-12-23(4)18(14-19)7-9-21-20-8-5-16(3)13-17(20)6-10-22(21)23;1-13(2)27-17-8-7-16-15-6-5-14-11-18(25)23-10-9-21(14,3)20(15)24-19(26)12-22(16,17)4;1-13(2)26-15-7-9-21(3)14(11-15)12-19(25)23-20-16-5-6-18(24)22(16,4)10-8-17(20)21;1-14(2)25-19-8-7-17-16-6-5-15-13-20(24)23-12-11-21(15,3)18(16)9-10-22(17,19)4/h13,15,18-20,22H,3,6-12,14H2,1-2,4-5H3,(H,25,26);15,17-22H,3,5-14H2,1-2,4H3;11,13,15-17,20H,5-10,12H2,1-4H3,(H,23,25)(H,24,26);12-13,15-17,20H,5-11H2,1-4H3,(H,23,25);13-14,16-19H,5-12H2,1-4H3,(H,23,24)/t18-,19-,20-,22-,23+,24-;17?,18-,19-,20+,21-,22-,23-;2*15-,16-,17-,20-,21-,22-;16-,17-,18-,19-,21-,22-/m00000/s1. The Morgan fingerprint density at radius 2 is 0.791 bits per heavy atom. The smallest absolute Gasteiger partial charge is 0.244 e. The average Bonchev–Trinajstić information content (AvgIpc) is 1.67. The van der Waals surface area contributed by atoms with E-state index in [-0.39, 0.29) is 111 Å². The lowest BCUT2D eigenvalue weighted by molar-refractivity contribution is -0.131. The highest BCUT2D eigenvalue weighted by Gasteiger charge is 2.65. The molecule has 129 heavy (non-hydrogen) atoms. The maximum atomic E-state index is 13.0. The number of hydrogen-bond acceptors (Lipinski definition) is 11. The molecule has 5 aliphatic heterocycles. The van der Waals surface area contributed by atoms with Crippen LogP contribution >= 0.6 is 0 Å². The van der Waals surface area contributed by atoms with Crippen LogP contribution in [0.5, 0.6) is 0 Å². The van der Waals surface area contributed by atoms with E-state index in [9.17, 15) is 28.8 Å². The summed E-state index contributed by atoms with van der Waals surface area (Å²) in [5, 5.41) is 16.3. The molecule has 15 saturated carbocycles. The monoisotopic (exact) mass is 1780 g/mol. The van der Waals surface area contributed by atoms with Crippen LogP contribution in [0.3, 0.4) is 0 Å². The molecule has 15 aliphatic carbocycles. The van der Waals surface area contributed by atoms with Crippen molar-refractivity contribution in [1.29, 1.82) is 0 Å². The van der Waals surface area contributed by atoms with Crippen molar-refractivity contribution < 1.29 is 52.5 Å². The van der Waals surface area contributed by atoms with Gasteiger partial charge in [0.1, 0.15) is 5.78 Å². The summed E-state index contributed by atoms with van der Waals surface area (Å²) in [5.41, 5.74) is 9.44. The molecule has 16 fully saturated rings. The van der Waals surface area contributed by atoms with Crippen LogP contribution in [0.4, 0.5) is 0 Å². The van der Waals surface area contributed by atoms with E-state index < -0.39 is 0 Å². The second-order valence-electron chi connectivity index (χ2n) is 50.2. The molecule has 5 amide bonds. The van der Waals surface area contributed by atoms with Gasteiger partial charge >= 0.3 is 0 Å². The van der Waals surface area contributed by atoms with Crippen LogP contribution in [-0.2, 0) is 52.5 Å². The van der Waals surface area contributed by atoms with Crippen LogP contribution in [0.15, 0.2) is 70.9 Å². The van der Waals surface area contributed by atoms with E-state index in [0.29, 0.717) is 107 Å². The lowest BCUT2D eigenvalue weighted by Crippen LogP contribution is -2.57. The first-order valence-corrected chi connectivity index (χ1v) is 53.4. The molecule has 0 radical (unpaired) electrons. The second-order valence-corrected chi connectivity index (χ2v) is 50.2. The number of ether oxygens (including phenoxy) is 5. The molecule has 5 heterocycles. The number of fused-ring (bicyclic) bond motifs is 25. The van der Waals surface area contributed by atoms with Gasteiger partial charge in [0, 0.05) is 84.6 Å². The van der Waals surface area contributed by atoms with Gasteiger partial charge < -0.3 is 50.3 Å². The van der Waals surface area contributed by atoms with Crippen molar-refractivity contribution in [1.82, 2.24) is 26.6 Å². The molecular formula is C113H177N5O11. The maximum absolute atomic E-state index is 13.0. The van der Waals surface area contributed by atoms with E-state index in [2.05, 4.69) is 171 Å². The van der Waals surface area contributed by atoms with E-state index in [1.54, 1.807) is 11.6 Å². The van der Waals surface area contributed by atoms with Crippen molar-refractivity contribution in [2.45, 2.75) is 455 Å². The SMILES string of the molecule is C=C1CC[C@@H]2C(CC[C@H]3[C@H]2CC[C@H]2C[C@@H](OC(C)C)CC[C@@]23C)C1.C=C1CC[C@H]2[C@@H]3NC(=O)C=C4C[C@@H](OC(C)C)CC[C@]4(C)[C@H]3CC[C@]2(C)C1.CC(C)O[C@H]1CC[C@@]2(C)C(=CC(=O)N[C@@H]3[C@@H]2CC[C@]2(C)C(=O)CC[C@@H]32)C1.CC(C)O[C@H]1CC[C@H]2[C@@H]3CCC4=CC(=O)NCC[C@]4(C)[C@H]3CC[C@]12C.CC(C)O[C@H]1CC[C@H]2[C@@H]3CCC4=CC(=O)NCC[C@]4(C)[C@H]3NC(=O)C[C@]12C. The van der Waals surface area contributed by atoms with Crippen molar-refractivity contribution in [2.75, 3.05) is 13.1 Å². The number of nitrogens with one attached hydrogen (secondary N) is 5. The van der Waals surface area contributed by atoms with Crippen molar-refractivity contribution in [3.63, 3.8) is 0 Å². The molecule has 0 aromatic rings. The summed E-state index contributed by atoms with van der Waals surface area (Å²) < 4.78 is 31.1. The van der Waals surface area contributed by atoms with Crippen LogP contribution < -0.4 is 26.6 Å². The highest BCUT2D eigenvalue weighted by molar-refractivity contribution is 5.92. The van der Waals surface area contributed by atoms with Gasteiger partial charge in [0.2, 0.25) is 29.5 Å². The summed E-state index contributed by atoms with van der Waals surface area (Å²) in [6.45, 7) is 53.0. The Bertz CT molecular complexity index is 4280. The van der Waals surface area contributed by atoms with Gasteiger partial charge in [0.15, 0.2) is 0 Å². The predicted molar refractivity (Wildman–Crippen MR) is 515 cm³/mol. The van der Waals surface area contributed by atoms with Crippen molar-refractivity contribution in [3.05, 3.63) is 70.9 Å². The number of carbonyl (C=O) groups excluding carboxylic acids is 6. The number of hydrogen-bond donors (Lipinski definition) is 5. The number of carbonyl (C=O) groups is 6. The Balaban J connectivity index is 0.000000118. The molecule has 0 aromatic heterocycles. The van der Waals surface area contributed by atoms with Crippen LogP contribution in [0.25, 0.3) is 0 Å². The Morgan fingerprint density at radius 3 is 1.40 bits per heavy atom. The Kier molecular flexibility index (Phi) is 28.7. The van der Waals surface area contributed by atoms with Gasteiger partial charge in [-0.05, 0) is 416 Å². The molecule has 0 bridgehead atoms. The third kappa shape index (κ3) is 18.8. The van der Waals surface area contributed by atoms with Gasteiger partial charge in [-0.25, -0.2) is 0 Å². The van der Waals surface area contributed by atoms with Gasteiger partial charge in [0.25, 0.3) is 0 Å². The molecule has 1 unspecified atom stereocenters. The van der Waals surface area contributed by atoms with E-state index >= 15 is 0 Å². The predicted octanol–water partition coefficient (Wildman–Crippen LogP) is 22.8. The van der Waals surface area contributed by atoms with Crippen LogP contribution in [0.1, 0.15) is 376 Å². The Hall–Kier alpha value is -4.74. The zero-order valence-electron chi connectivity index (χ0n) is 84.1. The summed E-state index contributed by atoms with van der Waals surface area (Å²) in [7, 11) is 0. The molecular weight excluding hydrogens is 1600 g/mol. The highest BCUT2D eigenvalue weighted by atomic mass is 16.5.